The molecule has 0 spiro atoms. The van der Waals surface area contributed by atoms with Crippen LogP contribution >= 0.6 is 39.1 Å². The van der Waals surface area contributed by atoms with E-state index in [2.05, 4.69) is 15.9 Å². The summed E-state index contributed by atoms with van der Waals surface area (Å²) in [5.41, 5.74) is 7.69. The monoisotopic (exact) mass is 359 g/mol. The fraction of sp³-hybridized carbons (Fsp3) is 0.143. The molecule has 0 saturated heterocycles. The van der Waals surface area contributed by atoms with Gasteiger partial charge in [-0.05, 0) is 29.8 Å². The number of benzene rings is 2. The average molecular weight is 361 g/mol. The van der Waals surface area contributed by atoms with Gasteiger partial charge < -0.3 is 10.5 Å². The first-order valence-electron chi connectivity index (χ1n) is 5.65. The third kappa shape index (κ3) is 4.11. The predicted molar refractivity (Wildman–Crippen MR) is 82.8 cm³/mol. The summed E-state index contributed by atoms with van der Waals surface area (Å²) in [6, 6.07) is 11.1. The number of ether oxygens (including phenoxy) is 1. The van der Waals surface area contributed by atoms with Crippen molar-refractivity contribution in [1.82, 2.24) is 0 Å². The topological polar surface area (TPSA) is 35.2 Å². The van der Waals surface area contributed by atoms with E-state index in [1.165, 1.54) is 0 Å². The Balaban J connectivity index is 2.10. The Bertz CT molecular complexity index is 569. The van der Waals surface area contributed by atoms with Gasteiger partial charge in [-0.1, -0.05) is 51.3 Å². The van der Waals surface area contributed by atoms with Crippen molar-refractivity contribution in [3.05, 3.63) is 62.0 Å². The van der Waals surface area contributed by atoms with Crippen LogP contribution in [0.1, 0.15) is 11.1 Å². The average Bonchev–Trinajstić information content (AvgIpc) is 2.36. The minimum absolute atomic E-state index is 0.433. The van der Waals surface area contributed by atoms with Crippen LogP contribution in [0.15, 0.2) is 40.9 Å². The molecule has 0 radical (unpaired) electrons. The molecule has 2 aromatic rings. The van der Waals surface area contributed by atoms with Crippen LogP contribution in [-0.4, -0.2) is 0 Å². The number of nitrogens with two attached hydrogens (primary N) is 1. The largest absolute Gasteiger partial charge is 0.489 e. The molecule has 0 unspecified atom stereocenters. The van der Waals surface area contributed by atoms with Gasteiger partial charge in [0.2, 0.25) is 0 Å². The van der Waals surface area contributed by atoms with Crippen molar-refractivity contribution in [2.45, 2.75) is 13.2 Å². The standard InChI is InChI=1S/C14H12BrCl2NO/c15-14-3-9(7-18)1-2-10(14)8-19-13-5-11(16)4-12(17)6-13/h1-6H,7-8,18H2. The van der Waals surface area contributed by atoms with Crippen LogP contribution in [0.3, 0.4) is 0 Å². The van der Waals surface area contributed by atoms with E-state index >= 15 is 0 Å². The molecule has 0 saturated carbocycles. The highest BCUT2D eigenvalue weighted by atomic mass is 79.9. The van der Waals surface area contributed by atoms with Gasteiger partial charge in [-0.3, -0.25) is 0 Å². The maximum Gasteiger partial charge on any atom is 0.122 e. The molecular weight excluding hydrogens is 349 g/mol. The Morgan fingerprint density at radius 2 is 1.74 bits per heavy atom. The molecule has 2 aromatic carbocycles. The van der Waals surface area contributed by atoms with Crippen LogP contribution in [0.5, 0.6) is 5.75 Å². The zero-order valence-corrected chi connectivity index (χ0v) is 13.1. The second-order valence-corrected chi connectivity index (χ2v) is 5.75. The van der Waals surface area contributed by atoms with E-state index < -0.39 is 0 Å². The molecule has 0 aliphatic heterocycles. The minimum atomic E-state index is 0.433. The van der Waals surface area contributed by atoms with Crippen molar-refractivity contribution in [2.24, 2.45) is 5.73 Å². The molecular formula is C14H12BrCl2NO. The fourth-order valence-electron chi connectivity index (χ4n) is 1.61. The van der Waals surface area contributed by atoms with Gasteiger partial charge in [0.15, 0.2) is 0 Å². The van der Waals surface area contributed by atoms with Crippen molar-refractivity contribution < 1.29 is 4.74 Å². The van der Waals surface area contributed by atoms with E-state index in [-0.39, 0.29) is 0 Å². The summed E-state index contributed by atoms with van der Waals surface area (Å²) in [7, 11) is 0. The summed E-state index contributed by atoms with van der Waals surface area (Å²) in [5, 5.41) is 1.11. The Hall–Kier alpha value is -0.740. The molecule has 0 aromatic heterocycles. The fourth-order valence-corrected chi connectivity index (χ4v) is 2.65. The van der Waals surface area contributed by atoms with Gasteiger partial charge in [0, 0.05) is 26.6 Å². The molecule has 2 rings (SSSR count). The number of hydrogen-bond donors (Lipinski definition) is 1. The summed E-state index contributed by atoms with van der Waals surface area (Å²) in [5.74, 6) is 0.646. The van der Waals surface area contributed by atoms with Crippen molar-refractivity contribution in [1.29, 1.82) is 0 Å². The van der Waals surface area contributed by atoms with Crippen LogP contribution in [0.25, 0.3) is 0 Å². The normalized spacial score (nSPS) is 10.5. The van der Waals surface area contributed by atoms with E-state index in [9.17, 15) is 0 Å². The second-order valence-electron chi connectivity index (χ2n) is 4.02. The highest BCUT2D eigenvalue weighted by Crippen LogP contribution is 2.26. The van der Waals surface area contributed by atoms with Gasteiger partial charge in [0.1, 0.15) is 12.4 Å². The van der Waals surface area contributed by atoms with E-state index in [0.717, 1.165) is 15.6 Å². The first-order valence-corrected chi connectivity index (χ1v) is 7.19. The summed E-state index contributed by atoms with van der Waals surface area (Å²) < 4.78 is 6.65. The molecule has 19 heavy (non-hydrogen) atoms. The van der Waals surface area contributed by atoms with Gasteiger partial charge in [-0.25, -0.2) is 0 Å². The van der Waals surface area contributed by atoms with Crippen LogP contribution in [0, 0.1) is 0 Å². The molecule has 5 heteroatoms. The molecule has 0 aliphatic carbocycles. The zero-order valence-electron chi connectivity index (χ0n) is 10.00. The molecule has 0 aliphatic rings. The molecule has 2 nitrogen and oxygen atoms in total. The van der Waals surface area contributed by atoms with E-state index in [1.54, 1.807) is 18.2 Å². The summed E-state index contributed by atoms with van der Waals surface area (Å²) in [6.45, 7) is 0.950. The Labute approximate surface area is 130 Å². The smallest absolute Gasteiger partial charge is 0.122 e. The number of hydrogen-bond acceptors (Lipinski definition) is 2. The Morgan fingerprint density at radius 1 is 1.05 bits per heavy atom. The summed E-state index contributed by atoms with van der Waals surface area (Å²) in [4.78, 5) is 0. The van der Waals surface area contributed by atoms with E-state index in [0.29, 0.717) is 28.9 Å². The van der Waals surface area contributed by atoms with Crippen LogP contribution in [0.4, 0.5) is 0 Å². The number of rotatable bonds is 4. The lowest BCUT2D eigenvalue weighted by molar-refractivity contribution is 0.305. The van der Waals surface area contributed by atoms with Crippen molar-refractivity contribution in [3.63, 3.8) is 0 Å². The van der Waals surface area contributed by atoms with Crippen LogP contribution < -0.4 is 10.5 Å². The quantitative estimate of drug-likeness (QED) is 0.850. The Kier molecular flexibility index (Phi) is 5.11. The second kappa shape index (κ2) is 6.62. The maximum absolute atomic E-state index is 5.92. The zero-order chi connectivity index (χ0) is 13.8. The van der Waals surface area contributed by atoms with Gasteiger partial charge in [-0.15, -0.1) is 0 Å². The maximum atomic E-state index is 5.92. The molecule has 0 heterocycles. The Morgan fingerprint density at radius 3 is 2.32 bits per heavy atom. The predicted octanol–water partition coefficient (Wildman–Crippen LogP) is 4.79. The van der Waals surface area contributed by atoms with Crippen LogP contribution in [-0.2, 0) is 13.2 Å². The minimum Gasteiger partial charge on any atom is -0.489 e. The van der Waals surface area contributed by atoms with E-state index in [1.807, 2.05) is 18.2 Å². The van der Waals surface area contributed by atoms with Crippen molar-refractivity contribution >= 4 is 39.1 Å². The summed E-state index contributed by atoms with van der Waals surface area (Å²) in [6.07, 6.45) is 0. The SMILES string of the molecule is NCc1ccc(COc2cc(Cl)cc(Cl)c2)c(Br)c1. The molecule has 2 N–H and O–H groups in total. The van der Waals surface area contributed by atoms with Gasteiger partial charge in [0.05, 0.1) is 0 Å². The van der Waals surface area contributed by atoms with Gasteiger partial charge >= 0.3 is 0 Å². The highest BCUT2D eigenvalue weighted by Gasteiger charge is 2.04. The molecule has 0 fully saturated rings. The van der Waals surface area contributed by atoms with Crippen LogP contribution in [0.2, 0.25) is 10.0 Å². The van der Waals surface area contributed by atoms with Crippen molar-refractivity contribution in [2.75, 3.05) is 0 Å². The lowest BCUT2D eigenvalue weighted by atomic mass is 10.1. The third-order valence-corrected chi connectivity index (χ3v) is 3.76. The molecule has 0 atom stereocenters. The molecule has 0 bridgehead atoms. The van der Waals surface area contributed by atoms with Gasteiger partial charge in [0.25, 0.3) is 0 Å². The summed E-state index contributed by atoms with van der Waals surface area (Å²) >= 11 is 15.3. The third-order valence-electron chi connectivity index (χ3n) is 2.58. The van der Waals surface area contributed by atoms with Gasteiger partial charge in [-0.2, -0.15) is 0 Å². The molecule has 0 amide bonds. The number of halogens is 3. The highest BCUT2D eigenvalue weighted by molar-refractivity contribution is 9.10. The molecule has 100 valence electrons. The first kappa shape index (κ1) is 14.7. The first-order chi connectivity index (χ1) is 9.08. The van der Waals surface area contributed by atoms with Crippen molar-refractivity contribution in [3.8, 4) is 5.75 Å². The lowest BCUT2D eigenvalue weighted by Gasteiger charge is -2.09. The lowest BCUT2D eigenvalue weighted by Crippen LogP contribution is -2.00. The van der Waals surface area contributed by atoms with E-state index in [4.69, 9.17) is 33.7 Å².